The van der Waals surface area contributed by atoms with Crippen LogP contribution in [0.3, 0.4) is 0 Å². The summed E-state index contributed by atoms with van der Waals surface area (Å²) in [6, 6.07) is 17.4. The van der Waals surface area contributed by atoms with Gasteiger partial charge in [0.2, 0.25) is 11.7 Å². The van der Waals surface area contributed by atoms with Crippen LogP contribution in [0.25, 0.3) is 11.5 Å². The van der Waals surface area contributed by atoms with E-state index in [2.05, 4.69) is 10.1 Å². The highest BCUT2D eigenvalue weighted by molar-refractivity contribution is 5.78. The van der Waals surface area contributed by atoms with E-state index in [1.54, 1.807) is 0 Å². The van der Waals surface area contributed by atoms with Gasteiger partial charge in [0.05, 0.1) is 0 Å². The number of para-hydroxylation sites is 1. The van der Waals surface area contributed by atoms with Crippen molar-refractivity contribution in [3.63, 3.8) is 0 Å². The Morgan fingerprint density at radius 2 is 2.00 bits per heavy atom. The topological polar surface area (TPSA) is 68.5 Å². The largest absolute Gasteiger partial charge is 0.485 e. The molecule has 0 unspecified atom stereocenters. The molecule has 0 aliphatic carbocycles. The van der Waals surface area contributed by atoms with Gasteiger partial charge in [0.15, 0.2) is 6.61 Å². The minimum absolute atomic E-state index is 0.216. The molecule has 1 amide bonds. The fourth-order valence-electron chi connectivity index (χ4n) is 2.99. The van der Waals surface area contributed by atoms with E-state index in [0.29, 0.717) is 24.7 Å². The molecule has 1 fully saturated rings. The van der Waals surface area contributed by atoms with E-state index in [1.165, 1.54) is 0 Å². The number of hydrogen-bond donors (Lipinski definition) is 0. The van der Waals surface area contributed by atoms with Crippen LogP contribution in [0.5, 0.6) is 5.75 Å². The molecule has 2 aromatic carbocycles. The predicted octanol–water partition coefficient (Wildman–Crippen LogP) is 3.44. The van der Waals surface area contributed by atoms with Crippen molar-refractivity contribution in [2.24, 2.45) is 0 Å². The number of ether oxygens (including phenoxy) is 1. The lowest BCUT2D eigenvalue weighted by Gasteiger charge is -2.15. The number of hydrogen-bond acceptors (Lipinski definition) is 5. The van der Waals surface area contributed by atoms with Crippen molar-refractivity contribution in [1.29, 1.82) is 0 Å². The summed E-state index contributed by atoms with van der Waals surface area (Å²) in [4.78, 5) is 18.1. The summed E-state index contributed by atoms with van der Waals surface area (Å²) in [6.07, 6.45) is 1.58. The van der Waals surface area contributed by atoms with E-state index in [1.807, 2.05) is 59.5 Å². The molecule has 0 N–H and O–H groups in total. The summed E-state index contributed by atoms with van der Waals surface area (Å²) >= 11 is 0. The summed E-state index contributed by atoms with van der Waals surface area (Å²) in [5, 5.41) is 3.98. The maximum atomic E-state index is 11.8. The van der Waals surface area contributed by atoms with Crippen molar-refractivity contribution < 1.29 is 14.1 Å². The highest BCUT2D eigenvalue weighted by atomic mass is 16.5. The van der Waals surface area contributed by atoms with Crippen LogP contribution in [0.15, 0.2) is 59.1 Å². The normalized spacial score (nSPS) is 14.0. The minimum Gasteiger partial charge on any atom is -0.485 e. The van der Waals surface area contributed by atoms with E-state index in [0.717, 1.165) is 29.8 Å². The summed E-state index contributed by atoms with van der Waals surface area (Å²) < 4.78 is 11.0. The Balaban J connectivity index is 1.43. The fourth-order valence-corrected chi connectivity index (χ4v) is 2.99. The second-order valence-electron chi connectivity index (χ2n) is 6.24. The van der Waals surface area contributed by atoms with E-state index < -0.39 is 0 Å². The Kier molecular flexibility index (Phi) is 4.64. The third-order valence-electron chi connectivity index (χ3n) is 4.30. The smallest absolute Gasteiger partial charge is 0.258 e. The Labute approximate surface area is 151 Å². The van der Waals surface area contributed by atoms with Crippen LogP contribution >= 0.6 is 0 Å². The first kappa shape index (κ1) is 16.3. The van der Waals surface area contributed by atoms with Gasteiger partial charge in [0.25, 0.3) is 5.89 Å². The van der Waals surface area contributed by atoms with E-state index in [9.17, 15) is 4.79 Å². The van der Waals surface area contributed by atoms with Gasteiger partial charge < -0.3 is 14.2 Å². The fraction of sp³-hybridized carbons (Fsp3) is 0.250. The molecule has 1 aliphatic heterocycles. The highest BCUT2D eigenvalue weighted by Crippen LogP contribution is 2.21. The molecule has 1 aromatic heterocycles. The van der Waals surface area contributed by atoms with Gasteiger partial charge in [-0.05, 0) is 36.2 Å². The third-order valence-corrected chi connectivity index (χ3v) is 4.30. The van der Waals surface area contributed by atoms with Gasteiger partial charge >= 0.3 is 0 Å². The molecular formula is C20H19N3O3. The lowest BCUT2D eigenvalue weighted by molar-refractivity contribution is -0.128. The van der Waals surface area contributed by atoms with Gasteiger partial charge in [-0.3, -0.25) is 4.79 Å². The van der Waals surface area contributed by atoms with Crippen LogP contribution < -0.4 is 4.74 Å². The van der Waals surface area contributed by atoms with Gasteiger partial charge in [-0.15, -0.1) is 0 Å². The number of carbonyl (C=O) groups excluding carboxylic acids is 1. The average molecular weight is 349 g/mol. The standard InChI is InChI=1S/C20H19N3O3/c24-19-10-5-11-23(19)13-15-6-4-7-16(12-15)20-21-18(22-26-20)14-25-17-8-2-1-3-9-17/h1-4,6-9,12H,5,10-11,13-14H2. The van der Waals surface area contributed by atoms with Gasteiger partial charge in [-0.25, -0.2) is 0 Å². The monoisotopic (exact) mass is 349 g/mol. The van der Waals surface area contributed by atoms with Gasteiger partial charge in [0.1, 0.15) is 5.75 Å². The molecular weight excluding hydrogens is 330 g/mol. The molecule has 0 atom stereocenters. The molecule has 0 radical (unpaired) electrons. The molecule has 2 heterocycles. The van der Waals surface area contributed by atoms with Crippen molar-refractivity contribution >= 4 is 5.91 Å². The molecule has 0 spiro atoms. The predicted molar refractivity (Wildman–Crippen MR) is 95.2 cm³/mol. The molecule has 132 valence electrons. The van der Waals surface area contributed by atoms with E-state index >= 15 is 0 Å². The van der Waals surface area contributed by atoms with Crippen molar-refractivity contribution in [3.05, 3.63) is 66.0 Å². The first-order valence-corrected chi connectivity index (χ1v) is 8.65. The molecule has 6 heteroatoms. The van der Waals surface area contributed by atoms with Crippen LogP contribution in [0.1, 0.15) is 24.2 Å². The third kappa shape index (κ3) is 3.74. The van der Waals surface area contributed by atoms with Crippen LogP contribution in [-0.2, 0) is 17.9 Å². The maximum Gasteiger partial charge on any atom is 0.258 e. The van der Waals surface area contributed by atoms with Crippen LogP contribution in [-0.4, -0.2) is 27.5 Å². The summed E-state index contributed by atoms with van der Waals surface area (Å²) in [5.41, 5.74) is 1.89. The van der Waals surface area contributed by atoms with Crippen molar-refractivity contribution in [3.8, 4) is 17.2 Å². The lowest BCUT2D eigenvalue weighted by Crippen LogP contribution is -2.23. The molecule has 1 aliphatic rings. The first-order valence-electron chi connectivity index (χ1n) is 8.65. The van der Waals surface area contributed by atoms with Gasteiger partial charge in [-0.2, -0.15) is 4.98 Å². The Morgan fingerprint density at radius 3 is 2.81 bits per heavy atom. The number of likely N-dealkylation sites (tertiary alicyclic amines) is 1. The van der Waals surface area contributed by atoms with Crippen molar-refractivity contribution in [2.75, 3.05) is 6.54 Å². The molecule has 4 rings (SSSR count). The quantitative estimate of drug-likeness (QED) is 0.682. The highest BCUT2D eigenvalue weighted by Gasteiger charge is 2.20. The van der Waals surface area contributed by atoms with E-state index in [4.69, 9.17) is 9.26 Å². The Morgan fingerprint density at radius 1 is 1.12 bits per heavy atom. The SMILES string of the molecule is O=C1CCCN1Cc1cccc(-c2nc(COc3ccccc3)no2)c1. The number of rotatable bonds is 6. The summed E-state index contributed by atoms with van der Waals surface area (Å²) in [6.45, 7) is 1.69. The number of carbonyl (C=O) groups is 1. The molecule has 26 heavy (non-hydrogen) atoms. The second-order valence-corrected chi connectivity index (χ2v) is 6.24. The van der Waals surface area contributed by atoms with Crippen LogP contribution in [0, 0.1) is 0 Å². The summed E-state index contributed by atoms with van der Waals surface area (Å²) in [7, 11) is 0. The number of amides is 1. The van der Waals surface area contributed by atoms with E-state index in [-0.39, 0.29) is 12.5 Å². The zero-order chi connectivity index (χ0) is 17.8. The molecule has 0 saturated carbocycles. The zero-order valence-electron chi connectivity index (χ0n) is 14.3. The van der Waals surface area contributed by atoms with Crippen molar-refractivity contribution in [2.45, 2.75) is 26.0 Å². The molecule has 6 nitrogen and oxygen atoms in total. The lowest BCUT2D eigenvalue weighted by atomic mass is 10.1. The first-order chi connectivity index (χ1) is 12.8. The van der Waals surface area contributed by atoms with Crippen LogP contribution in [0.4, 0.5) is 0 Å². The number of benzene rings is 2. The van der Waals surface area contributed by atoms with Gasteiger partial charge in [-0.1, -0.05) is 35.5 Å². The summed E-state index contributed by atoms with van der Waals surface area (Å²) in [5.74, 6) is 1.92. The minimum atomic E-state index is 0.216. The molecule has 0 bridgehead atoms. The zero-order valence-corrected chi connectivity index (χ0v) is 14.3. The maximum absolute atomic E-state index is 11.8. The average Bonchev–Trinajstić information content (AvgIpc) is 3.31. The van der Waals surface area contributed by atoms with Crippen LogP contribution in [0.2, 0.25) is 0 Å². The molecule has 1 saturated heterocycles. The van der Waals surface area contributed by atoms with Gasteiger partial charge in [0, 0.05) is 25.1 Å². The second kappa shape index (κ2) is 7.39. The Hall–Kier alpha value is -3.15. The molecule has 3 aromatic rings. The number of aromatic nitrogens is 2. The Bertz CT molecular complexity index is 892. The number of nitrogens with zero attached hydrogens (tertiary/aromatic N) is 3. The van der Waals surface area contributed by atoms with Crippen molar-refractivity contribution in [1.82, 2.24) is 15.0 Å².